The lowest BCUT2D eigenvalue weighted by Gasteiger charge is -2.22. The van der Waals surface area contributed by atoms with Crippen molar-refractivity contribution in [2.75, 3.05) is 6.61 Å². The maximum Gasteiger partial charge on any atom is 0.251 e. The highest BCUT2D eigenvalue weighted by molar-refractivity contribution is 7.79. The maximum absolute atomic E-state index is 12.9. The molecule has 2 amide bonds. The number of carbonyl (C=O) groups excluding carboxylic acids is 2. The van der Waals surface area contributed by atoms with Crippen molar-refractivity contribution in [2.45, 2.75) is 30.7 Å². The Morgan fingerprint density at radius 3 is 2.26 bits per heavy atom. The summed E-state index contributed by atoms with van der Waals surface area (Å²) >= 11 is -2.72. The first-order valence-corrected chi connectivity index (χ1v) is 11.9. The summed E-state index contributed by atoms with van der Waals surface area (Å²) in [7, 11) is 0. The normalized spacial score (nSPS) is 13.6. The van der Waals surface area contributed by atoms with E-state index < -0.39 is 22.9 Å². The molecular formula is C26H27N2O5S-. The van der Waals surface area contributed by atoms with Gasteiger partial charge in [-0.15, -0.1) is 0 Å². The van der Waals surface area contributed by atoms with Crippen LogP contribution in [0.3, 0.4) is 0 Å². The molecule has 0 aliphatic rings. The zero-order valence-corrected chi connectivity index (χ0v) is 19.6. The molecule has 3 aromatic rings. The minimum Gasteiger partial charge on any atom is -0.768 e. The second-order valence-corrected chi connectivity index (χ2v) is 9.18. The fourth-order valence-electron chi connectivity index (χ4n) is 3.78. The van der Waals surface area contributed by atoms with Crippen molar-refractivity contribution >= 4 is 22.9 Å². The van der Waals surface area contributed by atoms with Crippen molar-refractivity contribution in [3.8, 4) is 11.1 Å². The number of rotatable bonds is 10. The zero-order valence-electron chi connectivity index (χ0n) is 18.8. The Labute approximate surface area is 201 Å². The van der Waals surface area contributed by atoms with E-state index in [-0.39, 0.29) is 34.6 Å². The first-order chi connectivity index (χ1) is 16.3. The van der Waals surface area contributed by atoms with Crippen molar-refractivity contribution in [3.63, 3.8) is 0 Å². The summed E-state index contributed by atoms with van der Waals surface area (Å²) in [4.78, 5) is 24.1. The third-order valence-electron chi connectivity index (χ3n) is 5.57. The Morgan fingerprint density at radius 2 is 1.68 bits per heavy atom. The van der Waals surface area contributed by atoms with Gasteiger partial charge in [-0.25, -0.2) is 0 Å². The van der Waals surface area contributed by atoms with Gasteiger partial charge in [-0.3, -0.25) is 13.8 Å². The Hall–Kier alpha value is -3.33. The molecule has 0 aromatic heterocycles. The molecule has 0 fully saturated rings. The highest BCUT2D eigenvalue weighted by atomic mass is 32.2. The number of nitrogens with two attached hydrogens (primary N) is 1. The molecule has 0 aliphatic heterocycles. The first kappa shape index (κ1) is 25.3. The molecule has 3 atom stereocenters. The Balaban J connectivity index is 1.79. The minimum absolute atomic E-state index is 0.0219. The van der Waals surface area contributed by atoms with Crippen molar-refractivity contribution in [3.05, 3.63) is 89.5 Å². The number of aliphatic hydroxyl groups excluding tert-OH is 1. The number of primary amides is 1. The second-order valence-electron chi connectivity index (χ2n) is 8.27. The molecule has 0 spiro atoms. The molecule has 7 nitrogen and oxygen atoms in total. The summed E-state index contributed by atoms with van der Waals surface area (Å²) in [6.07, 6.45) is 1.06. The van der Waals surface area contributed by atoms with Gasteiger partial charge in [-0.05, 0) is 64.7 Å². The van der Waals surface area contributed by atoms with Crippen LogP contribution in [0.5, 0.6) is 0 Å². The number of amides is 2. The SMILES string of the molecule is CC(CO)CC(Cc1ccc(-c2ccccc2)cc1)NC(=O)c1ccc(C(N)=O)c(S(=O)[O-])c1. The van der Waals surface area contributed by atoms with Crippen LogP contribution in [0.2, 0.25) is 0 Å². The van der Waals surface area contributed by atoms with Crippen LogP contribution in [0.4, 0.5) is 0 Å². The minimum atomic E-state index is -2.72. The zero-order chi connectivity index (χ0) is 24.7. The first-order valence-electron chi connectivity index (χ1n) is 10.9. The molecule has 0 bridgehead atoms. The van der Waals surface area contributed by atoms with Crippen LogP contribution in [0.15, 0.2) is 77.7 Å². The summed E-state index contributed by atoms with van der Waals surface area (Å²) in [5.74, 6) is -1.41. The highest BCUT2D eigenvalue weighted by Crippen LogP contribution is 2.21. The van der Waals surface area contributed by atoms with Crippen molar-refractivity contribution in [2.24, 2.45) is 11.7 Å². The van der Waals surface area contributed by atoms with E-state index in [4.69, 9.17) is 5.73 Å². The predicted octanol–water partition coefficient (Wildman–Crippen LogP) is 3.05. The lowest BCUT2D eigenvalue weighted by Crippen LogP contribution is -2.38. The molecule has 0 radical (unpaired) electrons. The summed E-state index contributed by atoms with van der Waals surface area (Å²) < 4.78 is 23.0. The van der Waals surface area contributed by atoms with Crippen LogP contribution in [-0.4, -0.2) is 38.3 Å². The highest BCUT2D eigenvalue weighted by Gasteiger charge is 2.19. The van der Waals surface area contributed by atoms with E-state index in [1.807, 2.05) is 61.5 Å². The van der Waals surface area contributed by atoms with Gasteiger partial charge >= 0.3 is 0 Å². The molecule has 3 unspecified atom stereocenters. The molecule has 34 heavy (non-hydrogen) atoms. The Morgan fingerprint density at radius 1 is 1.03 bits per heavy atom. The van der Waals surface area contributed by atoms with Crippen LogP contribution >= 0.6 is 0 Å². The molecular weight excluding hydrogens is 452 g/mol. The standard InChI is InChI=1S/C26H28N2O5S/c1-17(16-29)13-22(14-18-7-9-20(10-8-18)19-5-3-2-4-6-19)28-26(31)21-11-12-23(25(27)30)24(15-21)34(32)33/h2-12,15,17,22,29H,13-14,16H2,1H3,(H2,27,30)(H,28,31)(H,32,33)/p-1. The molecule has 178 valence electrons. The van der Waals surface area contributed by atoms with E-state index in [0.717, 1.165) is 22.8 Å². The van der Waals surface area contributed by atoms with Gasteiger partial charge in [0.15, 0.2) is 0 Å². The van der Waals surface area contributed by atoms with Gasteiger partial charge < -0.3 is 20.7 Å². The summed E-state index contributed by atoms with van der Waals surface area (Å²) in [6.45, 7) is 1.87. The Bertz CT molecular complexity index is 1170. The Kier molecular flexibility index (Phi) is 8.70. The molecule has 0 saturated heterocycles. The molecule has 0 aliphatic carbocycles. The number of nitrogens with one attached hydrogen (secondary N) is 1. The van der Waals surface area contributed by atoms with Crippen molar-refractivity contribution in [1.82, 2.24) is 5.32 Å². The van der Waals surface area contributed by atoms with Crippen LogP contribution in [0.25, 0.3) is 11.1 Å². The van der Waals surface area contributed by atoms with Gasteiger partial charge in [-0.1, -0.05) is 61.5 Å². The summed E-state index contributed by atoms with van der Waals surface area (Å²) in [5.41, 5.74) is 8.37. The second kappa shape index (κ2) is 11.7. The lowest BCUT2D eigenvalue weighted by molar-refractivity contribution is 0.0924. The van der Waals surface area contributed by atoms with E-state index >= 15 is 0 Å². The molecule has 0 saturated carbocycles. The monoisotopic (exact) mass is 479 g/mol. The van der Waals surface area contributed by atoms with Gasteiger partial charge in [0, 0.05) is 23.1 Å². The smallest absolute Gasteiger partial charge is 0.251 e. The molecule has 3 rings (SSSR count). The van der Waals surface area contributed by atoms with Crippen molar-refractivity contribution < 1.29 is 23.5 Å². The number of hydrogen-bond acceptors (Lipinski definition) is 5. The average molecular weight is 480 g/mol. The van der Waals surface area contributed by atoms with Gasteiger partial charge in [0.05, 0.1) is 5.56 Å². The molecule has 4 N–H and O–H groups in total. The number of aliphatic hydroxyl groups is 1. The third-order valence-corrected chi connectivity index (χ3v) is 6.26. The summed E-state index contributed by atoms with van der Waals surface area (Å²) in [5, 5.41) is 12.5. The van der Waals surface area contributed by atoms with E-state index in [9.17, 15) is 23.5 Å². The molecule has 8 heteroatoms. The summed E-state index contributed by atoms with van der Waals surface area (Å²) in [6, 6.07) is 21.5. The molecule has 3 aromatic carbocycles. The van der Waals surface area contributed by atoms with Crippen LogP contribution in [0.1, 0.15) is 39.6 Å². The number of carbonyl (C=O) groups is 2. The number of benzene rings is 3. The average Bonchev–Trinajstić information content (AvgIpc) is 2.84. The van der Waals surface area contributed by atoms with Crippen LogP contribution in [-0.2, 0) is 17.5 Å². The lowest BCUT2D eigenvalue weighted by atomic mass is 9.95. The molecule has 0 heterocycles. The van der Waals surface area contributed by atoms with E-state index in [0.29, 0.717) is 12.8 Å². The van der Waals surface area contributed by atoms with Gasteiger partial charge in [0.2, 0.25) is 5.91 Å². The fourth-order valence-corrected chi connectivity index (χ4v) is 4.35. The quantitative estimate of drug-likeness (QED) is 0.385. The van der Waals surface area contributed by atoms with E-state index in [1.54, 1.807) is 0 Å². The van der Waals surface area contributed by atoms with Gasteiger partial charge in [0.1, 0.15) is 0 Å². The predicted molar refractivity (Wildman–Crippen MR) is 130 cm³/mol. The van der Waals surface area contributed by atoms with Crippen LogP contribution < -0.4 is 11.1 Å². The van der Waals surface area contributed by atoms with E-state index in [1.165, 1.54) is 12.1 Å². The van der Waals surface area contributed by atoms with Gasteiger partial charge in [0.25, 0.3) is 5.91 Å². The van der Waals surface area contributed by atoms with E-state index in [2.05, 4.69) is 5.32 Å². The van der Waals surface area contributed by atoms with Gasteiger partial charge in [-0.2, -0.15) is 0 Å². The van der Waals surface area contributed by atoms with Crippen LogP contribution in [0, 0.1) is 5.92 Å². The fraction of sp³-hybridized carbons (Fsp3) is 0.231. The van der Waals surface area contributed by atoms with Crippen molar-refractivity contribution in [1.29, 1.82) is 0 Å². The topological polar surface area (TPSA) is 133 Å². The maximum atomic E-state index is 12.9. The third kappa shape index (κ3) is 6.60. The number of hydrogen-bond donors (Lipinski definition) is 3. The largest absolute Gasteiger partial charge is 0.768 e.